The monoisotopic (exact) mass is 291 g/mol. The third-order valence-corrected chi connectivity index (χ3v) is 3.29. The lowest BCUT2D eigenvalue weighted by molar-refractivity contribution is 0.0179. The molecule has 0 aliphatic carbocycles. The second kappa shape index (κ2) is 10.8. The van der Waals surface area contributed by atoms with Crippen LogP contribution in [0.1, 0.15) is 10.6 Å². The largest absolute Gasteiger partial charge is 0.379 e. The third kappa shape index (κ3) is 7.33. The molecule has 0 aliphatic rings. The van der Waals surface area contributed by atoms with Crippen molar-refractivity contribution in [3.05, 3.63) is 16.1 Å². The maximum atomic E-state index is 5.48. The molecule has 0 unspecified atom stereocenters. The van der Waals surface area contributed by atoms with Gasteiger partial charge in [-0.1, -0.05) is 0 Å². The first-order valence-corrected chi connectivity index (χ1v) is 7.59. The summed E-state index contributed by atoms with van der Waals surface area (Å²) in [7, 11) is 0. The van der Waals surface area contributed by atoms with Crippen molar-refractivity contribution in [1.82, 2.24) is 4.98 Å². The van der Waals surface area contributed by atoms with E-state index in [9.17, 15) is 0 Å². The Morgan fingerprint density at radius 1 is 1.06 bits per heavy atom. The molecule has 0 radical (unpaired) electrons. The van der Waals surface area contributed by atoms with E-state index in [0.717, 1.165) is 17.9 Å². The van der Waals surface area contributed by atoms with Crippen LogP contribution in [0.4, 0.5) is 0 Å². The number of ether oxygens (including phenoxy) is 3. The number of hydrogen-bond donors (Lipinski definition) is 1. The molecule has 0 amide bonds. The molecule has 1 aromatic rings. The van der Waals surface area contributed by atoms with Crippen molar-refractivity contribution in [3.63, 3.8) is 0 Å². The minimum Gasteiger partial charge on any atom is -0.379 e. The molecule has 0 atom stereocenters. The quantitative estimate of drug-likeness (QED) is 0.500. The minimum absolute atomic E-state index is 0.611. The number of nitrogens with zero attached hydrogens (tertiary/aromatic N) is 1. The van der Waals surface area contributed by atoms with E-state index >= 15 is 0 Å². The molecule has 1 aromatic heterocycles. The van der Waals surface area contributed by atoms with Crippen molar-refractivity contribution in [1.29, 1.82) is 0 Å². The van der Waals surface area contributed by atoms with Crippen molar-refractivity contribution in [3.8, 4) is 0 Å². The molecule has 0 bridgehead atoms. The van der Waals surface area contributed by atoms with E-state index in [1.54, 1.807) is 11.3 Å². The summed E-state index contributed by atoms with van der Waals surface area (Å²) in [4.78, 5) is 5.55. The van der Waals surface area contributed by atoms with Gasteiger partial charge in [-0.05, 0) is 6.92 Å². The van der Waals surface area contributed by atoms with E-state index in [1.165, 1.54) is 4.88 Å². The van der Waals surface area contributed by atoms with Gasteiger partial charge in [-0.25, -0.2) is 4.98 Å². The standard InChI is InChI=1S/C12H21NO3S2/c1-11-12(13-10-18-11)2-3-14-4-5-15-6-7-16-8-9-17/h10,17H,2-9H2,1H3. The van der Waals surface area contributed by atoms with E-state index in [-0.39, 0.29) is 0 Å². The predicted octanol–water partition coefficient (Wildman–Crippen LogP) is 1.97. The van der Waals surface area contributed by atoms with Crippen LogP contribution in [0.25, 0.3) is 0 Å². The van der Waals surface area contributed by atoms with E-state index in [0.29, 0.717) is 39.6 Å². The molecule has 4 nitrogen and oxygen atoms in total. The average Bonchev–Trinajstić information content (AvgIpc) is 2.77. The van der Waals surface area contributed by atoms with Crippen LogP contribution < -0.4 is 0 Å². The second-order valence-corrected chi connectivity index (χ2v) is 5.17. The van der Waals surface area contributed by atoms with E-state index in [4.69, 9.17) is 14.2 Å². The zero-order valence-electron chi connectivity index (χ0n) is 10.8. The van der Waals surface area contributed by atoms with Gasteiger partial charge in [0.15, 0.2) is 0 Å². The topological polar surface area (TPSA) is 40.6 Å². The Hall–Kier alpha value is -0.140. The summed E-state index contributed by atoms with van der Waals surface area (Å²) in [6, 6.07) is 0. The van der Waals surface area contributed by atoms with E-state index in [2.05, 4.69) is 24.5 Å². The molecule has 0 saturated carbocycles. The van der Waals surface area contributed by atoms with Gasteiger partial charge in [0.25, 0.3) is 0 Å². The molecular weight excluding hydrogens is 270 g/mol. The zero-order chi connectivity index (χ0) is 13.1. The SMILES string of the molecule is Cc1scnc1CCOCCOCCOCCS. The Labute approximate surface area is 118 Å². The van der Waals surface area contributed by atoms with Gasteiger partial charge in [0.05, 0.1) is 50.8 Å². The fourth-order valence-electron chi connectivity index (χ4n) is 1.34. The highest BCUT2D eigenvalue weighted by Gasteiger charge is 2.00. The summed E-state index contributed by atoms with van der Waals surface area (Å²) in [6.45, 7) is 5.93. The van der Waals surface area contributed by atoms with Gasteiger partial charge in [0.2, 0.25) is 0 Å². The third-order valence-electron chi connectivity index (χ3n) is 2.31. The summed E-state index contributed by atoms with van der Waals surface area (Å²) in [5.74, 6) is 0.749. The van der Waals surface area contributed by atoms with Crippen molar-refractivity contribution in [2.75, 3.05) is 45.4 Å². The summed E-state index contributed by atoms with van der Waals surface area (Å²) in [6.07, 6.45) is 0.875. The van der Waals surface area contributed by atoms with Crippen LogP contribution in [0.15, 0.2) is 5.51 Å². The Morgan fingerprint density at radius 3 is 2.22 bits per heavy atom. The summed E-state index contributed by atoms with van der Waals surface area (Å²) >= 11 is 5.72. The molecule has 0 spiro atoms. The molecule has 18 heavy (non-hydrogen) atoms. The smallest absolute Gasteiger partial charge is 0.0797 e. The molecule has 1 rings (SSSR count). The number of aryl methyl sites for hydroxylation is 1. The summed E-state index contributed by atoms with van der Waals surface area (Å²) < 4.78 is 16.1. The van der Waals surface area contributed by atoms with Crippen molar-refractivity contribution < 1.29 is 14.2 Å². The van der Waals surface area contributed by atoms with Gasteiger partial charge in [0.1, 0.15) is 0 Å². The maximum Gasteiger partial charge on any atom is 0.0797 e. The Balaban J connectivity index is 1.83. The zero-order valence-corrected chi connectivity index (χ0v) is 12.5. The maximum absolute atomic E-state index is 5.48. The lowest BCUT2D eigenvalue weighted by atomic mass is 10.3. The first-order valence-electron chi connectivity index (χ1n) is 6.07. The van der Waals surface area contributed by atoms with Crippen LogP contribution in [0.2, 0.25) is 0 Å². The fourth-order valence-corrected chi connectivity index (χ4v) is 2.10. The van der Waals surface area contributed by atoms with Crippen LogP contribution in [0, 0.1) is 6.92 Å². The normalized spacial score (nSPS) is 11.0. The summed E-state index contributed by atoms with van der Waals surface area (Å²) in [5.41, 5.74) is 3.01. The van der Waals surface area contributed by atoms with Crippen LogP contribution in [-0.4, -0.2) is 50.4 Å². The van der Waals surface area contributed by atoms with Crippen molar-refractivity contribution in [2.45, 2.75) is 13.3 Å². The molecule has 0 aliphatic heterocycles. The molecule has 6 heteroatoms. The predicted molar refractivity (Wildman–Crippen MR) is 76.9 cm³/mol. The van der Waals surface area contributed by atoms with Gasteiger partial charge in [-0.2, -0.15) is 12.6 Å². The van der Waals surface area contributed by atoms with Crippen LogP contribution in [0.3, 0.4) is 0 Å². The molecule has 0 N–H and O–H groups in total. The van der Waals surface area contributed by atoms with E-state index < -0.39 is 0 Å². The van der Waals surface area contributed by atoms with Crippen molar-refractivity contribution >= 4 is 24.0 Å². The van der Waals surface area contributed by atoms with Crippen LogP contribution in [0.5, 0.6) is 0 Å². The molecule has 0 saturated heterocycles. The average molecular weight is 291 g/mol. The lowest BCUT2D eigenvalue weighted by Crippen LogP contribution is -2.11. The summed E-state index contributed by atoms with van der Waals surface area (Å²) in [5, 5.41) is 0. The molecule has 0 fully saturated rings. The first kappa shape index (κ1) is 15.9. The van der Waals surface area contributed by atoms with Crippen molar-refractivity contribution in [2.24, 2.45) is 0 Å². The minimum atomic E-state index is 0.611. The highest BCUT2D eigenvalue weighted by Crippen LogP contribution is 2.11. The molecular formula is C12H21NO3S2. The number of thiol groups is 1. The fraction of sp³-hybridized carbons (Fsp3) is 0.750. The lowest BCUT2D eigenvalue weighted by Gasteiger charge is -2.06. The number of rotatable bonds is 11. The van der Waals surface area contributed by atoms with Crippen LogP contribution in [-0.2, 0) is 20.6 Å². The molecule has 1 heterocycles. The highest BCUT2D eigenvalue weighted by atomic mass is 32.1. The van der Waals surface area contributed by atoms with Gasteiger partial charge in [0, 0.05) is 17.1 Å². The Bertz CT molecular complexity index is 307. The van der Waals surface area contributed by atoms with Gasteiger partial charge in [-0.3, -0.25) is 0 Å². The second-order valence-electron chi connectivity index (χ2n) is 3.67. The number of thiazole rings is 1. The van der Waals surface area contributed by atoms with Gasteiger partial charge >= 0.3 is 0 Å². The molecule has 104 valence electrons. The van der Waals surface area contributed by atoms with E-state index in [1.807, 2.05) is 5.51 Å². The first-order chi connectivity index (χ1) is 8.84. The molecule has 0 aromatic carbocycles. The number of hydrogen-bond acceptors (Lipinski definition) is 6. The Kier molecular flexibility index (Phi) is 9.51. The highest BCUT2D eigenvalue weighted by molar-refractivity contribution is 7.80. The van der Waals surface area contributed by atoms with Gasteiger partial charge in [-0.15, -0.1) is 11.3 Å². The van der Waals surface area contributed by atoms with Gasteiger partial charge < -0.3 is 14.2 Å². The Morgan fingerprint density at radius 2 is 1.67 bits per heavy atom. The van der Waals surface area contributed by atoms with Crippen LogP contribution >= 0.6 is 24.0 Å². The number of aromatic nitrogens is 1.